The molecule has 0 aliphatic carbocycles. The summed E-state index contributed by atoms with van der Waals surface area (Å²) in [5.41, 5.74) is 2.78. The first-order valence-electron chi connectivity index (χ1n) is 5.20. The number of benzene rings is 1. The molecule has 1 aromatic rings. The molecule has 1 heteroatoms. The Hall–Kier alpha value is -0.430. The molecular weight excluding hydrogens is 188 g/mol. The molecule has 0 nitrogen and oxygen atoms in total. The summed E-state index contributed by atoms with van der Waals surface area (Å²) >= 11 is 4.53. The lowest BCUT2D eigenvalue weighted by Gasteiger charge is -2.17. The van der Waals surface area contributed by atoms with Gasteiger partial charge in [0.25, 0.3) is 0 Å². The van der Waals surface area contributed by atoms with Crippen molar-refractivity contribution in [1.29, 1.82) is 0 Å². The van der Waals surface area contributed by atoms with Gasteiger partial charge in [0.05, 0.1) is 0 Å². The fourth-order valence-electron chi connectivity index (χ4n) is 1.52. The molecule has 0 fully saturated rings. The van der Waals surface area contributed by atoms with Gasteiger partial charge in [0.2, 0.25) is 0 Å². The second kappa shape index (κ2) is 4.39. The summed E-state index contributed by atoms with van der Waals surface area (Å²) in [7, 11) is 0. The molecule has 0 aliphatic heterocycles. The monoisotopic (exact) mass is 208 g/mol. The lowest BCUT2D eigenvalue weighted by molar-refractivity contribution is 0.714. The fraction of sp³-hybridized carbons (Fsp3) is 0.538. The first kappa shape index (κ1) is 11.6. The minimum Gasteiger partial charge on any atom is -0.173 e. The van der Waals surface area contributed by atoms with Gasteiger partial charge >= 0.3 is 0 Å². The molecule has 0 amide bonds. The van der Waals surface area contributed by atoms with E-state index in [2.05, 4.69) is 64.6 Å². The van der Waals surface area contributed by atoms with Crippen LogP contribution >= 0.6 is 12.6 Å². The van der Waals surface area contributed by atoms with Crippen LogP contribution in [0.4, 0.5) is 0 Å². The Balaban J connectivity index is 2.74. The third-order valence-corrected chi connectivity index (χ3v) is 2.44. The van der Waals surface area contributed by atoms with E-state index in [0.29, 0.717) is 5.92 Å². The molecule has 0 aliphatic rings. The van der Waals surface area contributed by atoms with Crippen molar-refractivity contribution >= 4 is 12.6 Å². The van der Waals surface area contributed by atoms with Gasteiger partial charge in [-0.15, -0.1) is 0 Å². The van der Waals surface area contributed by atoms with Crippen molar-refractivity contribution in [1.82, 2.24) is 0 Å². The smallest absolute Gasteiger partial charge is 0.0113 e. The molecule has 1 rings (SSSR count). The van der Waals surface area contributed by atoms with Crippen LogP contribution in [0, 0.1) is 0 Å². The zero-order valence-electron chi connectivity index (χ0n) is 9.54. The predicted molar refractivity (Wildman–Crippen MR) is 67.3 cm³/mol. The number of thiol groups is 1. The molecule has 0 N–H and O–H groups in total. The Morgan fingerprint density at radius 2 is 1.64 bits per heavy atom. The van der Waals surface area contributed by atoms with Crippen molar-refractivity contribution in [3.05, 3.63) is 35.4 Å². The van der Waals surface area contributed by atoms with Crippen molar-refractivity contribution in [2.24, 2.45) is 0 Å². The van der Waals surface area contributed by atoms with Crippen molar-refractivity contribution in [3.63, 3.8) is 0 Å². The van der Waals surface area contributed by atoms with Crippen molar-refractivity contribution < 1.29 is 0 Å². The molecule has 0 aromatic heterocycles. The van der Waals surface area contributed by atoms with Crippen LogP contribution in [0.1, 0.15) is 44.7 Å². The van der Waals surface area contributed by atoms with Gasteiger partial charge in [-0.25, -0.2) is 0 Å². The SMILES string of the molecule is CC(C)c1ccc(CC(C)(C)S)cc1. The first-order chi connectivity index (χ1) is 6.38. The van der Waals surface area contributed by atoms with Crippen LogP contribution in [-0.2, 0) is 6.42 Å². The molecule has 0 unspecified atom stereocenters. The molecule has 78 valence electrons. The highest BCUT2D eigenvalue weighted by molar-refractivity contribution is 7.81. The molecule has 0 radical (unpaired) electrons. The van der Waals surface area contributed by atoms with Crippen LogP contribution < -0.4 is 0 Å². The Bertz CT molecular complexity index is 277. The van der Waals surface area contributed by atoms with E-state index in [9.17, 15) is 0 Å². The molecule has 0 bridgehead atoms. The Morgan fingerprint density at radius 1 is 1.14 bits per heavy atom. The maximum atomic E-state index is 4.53. The summed E-state index contributed by atoms with van der Waals surface area (Å²) in [6.45, 7) is 8.73. The fourth-order valence-corrected chi connectivity index (χ4v) is 1.70. The minimum atomic E-state index is 0.0827. The minimum absolute atomic E-state index is 0.0827. The average Bonchev–Trinajstić information content (AvgIpc) is 2.02. The Labute approximate surface area is 93.1 Å². The van der Waals surface area contributed by atoms with E-state index in [-0.39, 0.29) is 4.75 Å². The van der Waals surface area contributed by atoms with Crippen molar-refractivity contribution in [2.75, 3.05) is 0 Å². The van der Waals surface area contributed by atoms with Crippen LogP contribution in [0.5, 0.6) is 0 Å². The van der Waals surface area contributed by atoms with Crippen molar-refractivity contribution in [3.8, 4) is 0 Å². The zero-order chi connectivity index (χ0) is 10.8. The average molecular weight is 208 g/mol. The topological polar surface area (TPSA) is 0 Å². The highest BCUT2D eigenvalue weighted by Crippen LogP contribution is 2.21. The highest BCUT2D eigenvalue weighted by Gasteiger charge is 2.12. The summed E-state index contributed by atoms with van der Waals surface area (Å²) < 4.78 is 0.0827. The standard InChI is InChI=1S/C13H20S/c1-10(2)12-7-5-11(6-8-12)9-13(3,4)14/h5-8,10,14H,9H2,1-4H3. The second-order valence-corrected chi connectivity index (χ2v) is 6.10. The van der Waals surface area contributed by atoms with Gasteiger partial charge in [0.1, 0.15) is 0 Å². The molecule has 0 heterocycles. The largest absolute Gasteiger partial charge is 0.173 e. The van der Waals surface area contributed by atoms with Gasteiger partial charge in [0, 0.05) is 4.75 Å². The first-order valence-corrected chi connectivity index (χ1v) is 5.64. The Morgan fingerprint density at radius 3 is 2.00 bits per heavy atom. The van der Waals surface area contributed by atoms with Gasteiger partial charge in [-0.2, -0.15) is 12.6 Å². The maximum Gasteiger partial charge on any atom is 0.0113 e. The van der Waals surface area contributed by atoms with Gasteiger partial charge in [0.15, 0.2) is 0 Å². The molecular formula is C13H20S. The van der Waals surface area contributed by atoms with E-state index in [1.54, 1.807) is 0 Å². The van der Waals surface area contributed by atoms with Gasteiger partial charge in [-0.3, -0.25) is 0 Å². The van der Waals surface area contributed by atoms with Gasteiger partial charge < -0.3 is 0 Å². The van der Waals surface area contributed by atoms with E-state index < -0.39 is 0 Å². The lowest BCUT2D eigenvalue weighted by Crippen LogP contribution is -2.14. The van der Waals surface area contributed by atoms with E-state index in [4.69, 9.17) is 0 Å². The Kier molecular flexibility index (Phi) is 3.65. The molecule has 0 saturated carbocycles. The lowest BCUT2D eigenvalue weighted by atomic mass is 9.97. The van der Waals surface area contributed by atoms with Gasteiger partial charge in [-0.1, -0.05) is 52.0 Å². The molecule has 14 heavy (non-hydrogen) atoms. The molecule has 0 saturated heterocycles. The third-order valence-electron chi connectivity index (χ3n) is 2.28. The summed E-state index contributed by atoms with van der Waals surface area (Å²) in [5.74, 6) is 0.619. The molecule has 0 atom stereocenters. The van der Waals surface area contributed by atoms with Crippen LogP contribution in [0.15, 0.2) is 24.3 Å². The predicted octanol–water partition coefficient (Wildman–Crippen LogP) is 4.06. The maximum absolute atomic E-state index is 4.53. The van der Waals surface area contributed by atoms with E-state index in [1.807, 2.05) is 0 Å². The molecule has 0 spiro atoms. The van der Waals surface area contributed by atoms with Crippen molar-refractivity contribution in [2.45, 2.75) is 44.8 Å². The van der Waals surface area contributed by atoms with Crippen LogP contribution in [0.2, 0.25) is 0 Å². The quantitative estimate of drug-likeness (QED) is 0.711. The summed E-state index contributed by atoms with van der Waals surface area (Å²) in [6.07, 6.45) is 1.02. The normalized spacial score (nSPS) is 12.1. The van der Waals surface area contributed by atoms with E-state index in [1.165, 1.54) is 11.1 Å². The van der Waals surface area contributed by atoms with Crippen LogP contribution in [-0.4, -0.2) is 4.75 Å². The number of hydrogen-bond acceptors (Lipinski definition) is 1. The zero-order valence-corrected chi connectivity index (χ0v) is 10.4. The van der Waals surface area contributed by atoms with Crippen LogP contribution in [0.25, 0.3) is 0 Å². The highest BCUT2D eigenvalue weighted by atomic mass is 32.1. The number of rotatable bonds is 3. The second-order valence-electron chi connectivity index (χ2n) is 4.89. The summed E-state index contributed by atoms with van der Waals surface area (Å²) in [6, 6.07) is 8.87. The van der Waals surface area contributed by atoms with Crippen LogP contribution in [0.3, 0.4) is 0 Å². The third kappa shape index (κ3) is 3.75. The van der Waals surface area contributed by atoms with E-state index >= 15 is 0 Å². The summed E-state index contributed by atoms with van der Waals surface area (Å²) in [5, 5.41) is 0. The summed E-state index contributed by atoms with van der Waals surface area (Å²) in [4.78, 5) is 0. The number of hydrogen-bond donors (Lipinski definition) is 1. The van der Waals surface area contributed by atoms with Gasteiger partial charge in [-0.05, 0) is 23.5 Å². The molecule has 1 aromatic carbocycles. The van der Waals surface area contributed by atoms with E-state index in [0.717, 1.165) is 6.42 Å².